The Morgan fingerprint density at radius 1 is 1.53 bits per heavy atom. The lowest BCUT2D eigenvalue weighted by Crippen LogP contribution is -2.27. The van der Waals surface area contributed by atoms with Crippen LogP contribution in [0.25, 0.3) is 0 Å². The molecule has 0 fully saturated rings. The van der Waals surface area contributed by atoms with Crippen molar-refractivity contribution in [3.63, 3.8) is 0 Å². The van der Waals surface area contributed by atoms with Gasteiger partial charge in [-0.25, -0.2) is 4.98 Å². The normalized spacial score (nSPS) is 12.5. The average Bonchev–Trinajstić information content (AvgIpc) is 2.18. The molecule has 2 N–H and O–H groups in total. The fourth-order valence-corrected chi connectivity index (χ4v) is 1.21. The van der Waals surface area contributed by atoms with Crippen molar-refractivity contribution < 1.29 is 9.90 Å². The van der Waals surface area contributed by atoms with Gasteiger partial charge in [0.05, 0.1) is 12.1 Å². The Morgan fingerprint density at radius 2 is 2.27 bits per heavy atom. The van der Waals surface area contributed by atoms with Crippen LogP contribution in [0.15, 0.2) is 18.6 Å². The summed E-state index contributed by atoms with van der Waals surface area (Å²) in [7, 11) is 0. The fraction of sp³-hybridized carbons (Fsp3) is 0.500. The Morgan fingerprint density at radius 3 is 2.73 bits per heavy atom. The van der Waals surface area contributed by atoms with Gasteiger partial charge in [0.1, 0.15) is 5.82 Å². The number of hydrogen-bond donors (Lipinski definition) is 2. The quantitative estimate of drug-likeness (QED) is 0.763. The van der Waals surface area contributed by atoms with Crippen LogP contribution < -0.4 is 5.32 Å². The van der Waals surface area contributed by atoms with Crippen molar-refractivity contribution in [1.82, 2.24) is 9.97 Å². The van der Waals surface area contributed by atoms with E-state index in [1.54, 1.807) is 18.6 Å². The Labute approximate surface area is 88.6 Å². The lowest BCUT2D eigenvalue weighted by molar-refractivity contribution is -0.142. The molecule has 5 heteroatoms. The minimum Gasteiger partial charge on any atom is -0.481 e. The summed E-state index contributed by atoms with van der Waals surface area (Å²) in [5, 5.41) is 11.9. The summed E-state index contributed by atoms with van der Waals surface area (Å²) in [4.78, 5) is 18.8. The Hall–Kier alpha value is -1.65. The Bertz CT molecular complexity index is 314. The molecule has 0 aliphatic carbocycles. The number of carbonyl (C=O) groups is 1. The van der Waals surface area contributed by atoms with Crippen molar-refractivity contribution in [1.29, 1.82) is 0 Å². The van der Waals surface area contributed by atoms with Gasteiger partial charge in [-0.3, -0.25) is 9.78 Å². The zero-order chi connectivity index (χ0) is 11.3. The molecule has 0 amide bonds. The first kappa shape index (κ1) is 11.4. The minimum atomic E-state index is -0.790. The topological polar surface area (TPSA) is 75.1 Å². The van der Waals surface area contributed by atoms with Crippen LogP contribution in [0.5, 0.6) is 0 Å². The van der Waals surface area contributed by atoms with Crippen molar-refractivity contribution in [3.8, 4) is 0 Å². The smallest absolute Gasteiger partial charge is 0.308 e. The summed E-state index contributed by atoms with van der Waals surface area (Å²) in [5.41, 5.74) is 0. The molecule has 15 heavy (non-hydrogen) atoms. The third kappa shape index (κ3) is 3.53. The number of nitrogens with one attached hydrogen (secondary N) is 1. The van der Waals surface area contributed by atoms with E-state index in [2.05, 4.69) is 15.3 Å². The van der Waals surface area contributed by atoms with Gasteiger partial charge in [-0.05, 0) is 5.92 Å². The molecule has 0 saturated heterocycles. The monoisotopic (exact) mass is 209 g/mol. The van der Waals surface area contributed by atoms with E-state index in [4.69, 9.17) is 5.11 Å². The summed E-state index contributed by atoms with van der Waals surface area (Å²) in [6.45, 7) is 4.14. The standard InChI is InChI=1S/C10H15N3O2/c1-7(2)8(10(14)15)5-13-9-6-11-3-4-12-9/h3-4,6-8H,5H2,1-2H3,(H,12,13)(H,14,15). The molecule has 1 unspecified atom stereocenters. The number of aromatic nitrogens is 2. The minimum absolute atomic E-state index is 0.0895. The van der Waals surface area contributed by atoms with E-state index in [0.717, 1.165) is 0 Å². The first-order valence-electron chi connectivity index (χ1n) is 4.84. The van der Waals surface area contributed by atoms with Gasteiger partial charge >= 0.3 is 5.97 Å². The van der Waals surface area contributed by atoms with Crippen molar-refractivity contribution in [2.24, 2.45) is 11.8 Å². The van der Waals surface area contributed by atoms with Crippen LogP contribution in [-0.4, -0.2) is 27.6 Å². The SMILES string of the molecule is CC(C)C(CNc1cnccn1)C(=O)O. The van der Waals surface area contributed by atoms with Gasteiger partial charge in [0.15, 0.2) is 0 Å². The van der Waals surface area contributed by atoms with Crippen LogP contribution in [0.2, 0.25) is 0 Å². The van der Waals surface area contributed by atoms with Crippen LogP contribution in [0.3, 0.4) is 0 Å². The van der Waals surface area contributed by atoms with E-state index in [-0.39, 0.29) is 5.92 Å². The molecule has 0 aliphatic rings. The maximum Gasteiger partial charge on any atom is 0.308 e. The average molecular weight is 209 g/mol. The molecule has 0 aliphatic heterocycles. The lowest BCUT2D eigenvalue weighted by Gasteiger charge is -2.16. The van der Waals surface area contributed by atoms with E-state index in [0.29, 0.717) is 12.4 Å². The number of nitrogens with zero attached hydrogens (tertiary/aromatic N) is 2. The van der Waals surface area contributed by atoms with Crippen LogP contribution in [0, 0.1) is 11.8 Å². The highest BCUT2D eigenvalue weighted by molar-refractivity contribution is 5.71. The third-order valence-electron chi connectivity index (χ3n) is 2.19. The number of rotatable bonds is 5. The van der Waals surface area contributed by atoms with Gasteiger partial charge in [-0.1, -0.05) is 13.8 Å². The molecule has 5 nitrogen and oxygen atoms in total. The maximum absolute atomic E-state index is 10.9. The van der Waals surface area contributed by atoms with Crippen LogP contribution in [-0.2, 0) is 4.79 Å². The lowest BCUT2D eigenvalue weighted by atomic mass is 9.96. The first-order chi connectivity index (χ1) is 7.11. The fourth-order valence-electron chi connectivity index (χ4n) is 1.21. The van der Waals surface area contributed by atoms with Gasteiger partial charge in [0, 0.05) is 18.9 Å². The molecule has 82 valence electrons. The first-order valence-corrected chi connectivity index (χ1v) is 4.84. The summed E-state index contributed by atoms with van der Waals surface area (Å²) in [5.74, 6) is -0.510. The molecule has 0 saturated carbocycles. The summed E-state index contributed by atoms with van der Waals surface area (Å²) < 4.78 is 0. The molecule has 1 aromatic heterocycles. The summed E-state index contributed by atoms with van der Waals surface area (Å²) >= 11 is 0. The van der Waals surface area contributed by atoms with Crippen molar-refractivity contribution in [2.75, 3.05) is 11.9 Å². The number of carboxylic acid groups (broad SMARTS) is 1. The van der Waals surface area contributed by atoms with Crippen molar-refractivity contribution in [3.05, 3.63) is 18.6 Å². The zero-order valence-electron chi connectivity index (χ0n) is 8.84. The molecule has 0 aromatic carbocycles. The molecular formula is C10H15N3O2. The Kier molecular flexibility index (Phi) is 4.03. The van der Waals surface area contributed by atoms with Crippen molar-refractivity contribution >= 4 is 11.8 Å². The third-order valence-corrected chi connectivity index (χ3v) is 2.19. The number of anilines is 1. The number of aliphatic carboxylic acids is 1. The second kappa shape index (κ2) is 5.29. The Balaban J connectivity index is 2.51. The molecule has 0 bridgehead atoms. The van der Waals surface area contributed by atoms with Crippen LogP contribution in [0.4, 0.5) is 5.82 Å². The molecule has 0 radical (unpaired) electrons. The molecule has 1 heterocycles. The van der Waals surface area contributed by atoms with E-state index in [1.165, 1.54) is 0 Å². The molecule has 1 rings (SSSR count). The highest BCUT2D eigenvalue weighted by Crippen LogP contribution is 2.11. The van der Waals surface area contributed by atoms with Gasteiger partial charge in [0.2, 0.25) is 0 Å². The molecule has 1 aromatic rings. The van der Waals surface area contributed by atoms with Gasteiger partial charge in [-0.15, -0.1) is 0 Å². The van der Waals surface area contributed by atoms with E-state index in [9.17, 15) is 4.79 Å². The van der Waals surface area contributed by atoms with Gasteiger partial charge in [0.25, 0.3) is 0 Å². The number of carboxylic acids is 1. The highest BCUT2D eigenvalue weighted by atomic mass is 16.4. The van der Waals surface area contributed by atoms with Crippen LogP contribution in [0.1, 0.15) is 13.8 Å². The summed E-state index contributed by atoms with van der Waals surface area (Å²) in [6, 6.07) is 0. The largest absolute Gasteiger partial charge is 0.481 e. The van der Waals surface area contributed by atoms with Gasteiger partial charge < -0.3 is 10.4 Å². The second-order valence-corrected chi connectivity index (χ2v) is 3.66. The van der Waals surface area contributed by atoms with E-state index >= 15 is 0 Å². The molecule has 1 atom stereocenters. The highest BCUT2D eigenvalue weighted by Gasteiger charge is 2.20. The second-order valence-electron chi connectivity index (χ2n) is 3.66. The van der Waals surface area contributed by atoms with Crippen molar-refractivity contribution in [2.45, 2.75) is 13.8 Å². The zero-order valence-corrected chi connectivity index (χ0v) is 8.84. The number of hydrogen-bond acceptors (Lipinski definition) is 4. The summed E-state index contributed by atoms with van der Waals surface area (Å²) in [6.07, 6.45) is 4.70. The maximum atomic E-state index is 10.9. The molecular weight excluding hydrogens is 194 g/mol. The predicted octanol–water partition coefficient (Wildman–Crippen LogP) is 1.25. The van der Waals surface area contributed by atoms with Crippen LogP contribution >= 0.6 is 0 Å². The van der Waals surface area contributed by atoms with E-state index < -0.39 is 11.9 Å². The predicted molar refractivity (Wildman–Crippen MR) is 56.5 cm³/mol. The molecule has 0 spiro atoms. The van der Waals surface area contributed by atoms with E-state index in [1.807, 2.05) is 13.8 Å². The van der Waals surface area contributed by atoms with Gasteiger partial charge in [-0.2, -0.15) is 0 Å².